The monoisotopic (exact) mass is 404 g/mol. The maximum Gasteiger partial charge on any atom is 0.354 e. The van der Waals surface area contributed by atoms with Crippen LogP contribution in [0.2, 0.25) is 0 Å². The number of aromatic amines is 1. The van der Waals surface area contributed by atoms with Crippen LogP contribution in [0.25, 0.3) is 11.3 Å². The lowest BCUT2D eigenvalue weighted by atomic mass is 10.2. The van der Waals surface area contributed by atoms with E-state index in [1.807, 2.05) is 0 Å². The fourth-order valence-electron chi connectivity index (χ4n) is 2.20. The van der Waals surface area contributed by atoms with E-state index in [4.69, 9.17) is 0 Å². The Hall–Kier alpha value is -2.98. The third-order valence-corrected chi connectivity index (χ3v) is 5.35. The van der Waals surface area contributed by atoms with E-state index in [-0.39, 0.29) is 11.8 Å². The van der Waals surface area contributed by atoms with Crippen molar-refractivity contribution >= 4 is 45.6 Å². The predicted octanol–water partition coefficient (Wildman–Crippen LogP) is 2.87. The SMILES string of the molecule is COC(=O)c1cc(-c2csc(NC(=O)c3ccc(CNC(C)=O)s3)n2)c[nH]1. The van der Waals surface area contributed by atoms with Gasteiger partial charge in [-0.2, -0.15) is 0 Å². The molecule has 3 aromatic heterocycles. The average molecular weight is 404 g/mol. The molecular weight excluding hydrogens is 388 g/mol. The first-order valence-electron chi connectivity index (χ1n) is 7.83. The molecule has 8 nitrogen and oxygen atoms in total. The molecule has 3 N–H and O–H groups in total. The molecule has 0 atom stereocenters. The number of carbonyl (C=O) groups is 3. The number of esters is 1. The third-order valence-electron chi connectivity index (χ3n) is 3.51. The minimum Gasteiger partial charge on any atom is -0.464 e. The lowest BCUT2D eigenvalue weighted by Crippen LogP contribution is -2.18. The van der Waals surface area contributed by atoms with Crippen LogP contribution in [-0.2, 0) is 16.1 Å². The minimum absolute atomic E-state index is 0.121. The van der Waals surface area contributed by atoms with Gasteiger partial charge in [-0.3, -0.25) is 14.9 Å². The van der Waals surface area contributed by atoms with E-state index in [1.165, 1.54) is 36.7 Å². The van der Waals surface area contributed by atoms with Crippen molar-refractivity contribution in [1.29, 1.82) is 0 Å². The van der Waals surface area contributed by atoms with Gasteiger partial charge >= 0.3 is 5.97 Å². The Bertz CT molecular complexity index is 989. The highest BCUT2D eigenvalue weighted by atomic mass is 32.1. The number of carbonyl (C=O) groups excluding carboxylic acids is 3. The van der Waals surface area contributed by atoms with Crippen LogP contribution in [-0.4, -0.2) is 34.9 Å². The molecule has 3 heterocycles. The van der Waals surface area contributed by atoms with Crippen molar-refractivity contribution in [1.82, 2.24) is 15.3 Å². The summed E-state index contributed by atoms with van der Waals surface area (Å²) in [6, 6.07) is 5.15. The van der Waals surface area contributed by atoms with Crippen molar-refractivity contribution in [2.24, 2.45) is 0 Å². The van der Waals surface area contributed by atoms with Crippen molar-refractivity contribution in [3.05, 3.63) is 45.2 Å². The van der Waals surface area contributed by atoms with E-state index >= 15 is 0 Å². The van der Waals surface area contributed by atoms with E-state index in [9.17, 15) is 14.4 Å². The van der Waals surface area contributed by atoms with E-state index in [1.54, 1.807) is 29.8 Å². The fraction of sp³-hybridized carbons (Fsp3) is 0.176. The van der Waals surface area contributed by atoms with Crippen LogP contribution in [0, 0.1) is 0 Å². The molecule has 0 spiro atoms. The van der Waals surface area contributed by atoms with Crippen LogP contribution in [0.4, 0.5) is 5.13 Å². The Kier molecular flexibility index (Phi) is 5.67. The van der Waals surface area contributed by atoms with Crippen LogP contribution >= 0.6 is 22.7 Å². The zero-order chi connectivity index (χ0) is 19.4. The first-order valence-corrected chi connectivity index (χ1v) is 9.53. The zero-order valence-electron chi connectivity index (χ0n) is 14.5. The molecule has 3 rings (SSSR count). The van der Waals surface area contributed by atoms with Gasteiger partial charge in [-0.25, -0.2) is 9.78 Å². The highest BCUT2D eigenvalue weighted by molar-refractivity contribution is 7.15. The molecule has 0 fully saturated rings. The second kappa shape index (κ2) is 8.14. The van der Waals surface area contributed by atoms with Crippen molar-refractivity contribution < 1.29 is 19.1 Å². The standard InChI is InChI=1S/C17H16N4O4S2/c1-9(22)18-7-11-3-4-14(27-11)15(23)21-17-20-13(8-26-17)10-5-12(19-6-10)16(24)25-2/h3-6,8,19H,7H2,1-2H3,(H,18,22)(H,20,21,23). The third kappa shape index (κ3) is 4.60. The number of thiophene rings is 1. The lowest BCUT2D eigenvalue weighted by molar-refractivity contribution is -0.119. The molecule has 0 radical (unpaired) electrons. The summed E-state index contributed by atoms with van der Waals surface area (Å²) < 4.78 is 4.66. The van der Waals surface area contributed by atoms with Gasteiger partial charge in [0.2, 0.25) is 5.91 Å². The van der Waals surface area contributed by atoms with Crippen molar-refractivity contribution in [3.8, 4) is 11.3 Å². The summed E-state index contributed by atoms with van der Waals surface area (Å²) in [6.45, 7) is 1.84. The minimum atomic E-state index is -0.460. The molecule has 0 bridgehead atoms. The molecule has 0 aliphatic rings. The number of nitrogens with one attached hydrogen (secondary N) is 3. The highest BCUT2D eigenvalue weighted by Gasteiger charge is 2.14. The van der Waals surface area contributed by atoms with Gasteiger partial charge in [0.1, 0.15) is 5.69 Å². The van der Waals surface area contributed by atoms with Gasteiger partial charge in [0, 0.05) is 28.9 Å². The fourth-order valence-corrected chi connectivity index (χ4v) is 3.76. The number of ether oxygens (including phenoxy) is 1. The Morgan fingerprint density at radius 3 is 2.85 bits per heavy atom. The molecule has 0 saturated heterocycles. The second-order valence-electron chi connectivity index (χ2n) is 5.46. The Morgan fingerprint density at radius 2 is 2.11 bits per heavy atom. The van der Waals surface area contributed by atoms with Crippen LogP contribution < -0.4 is 10.6 Å². The summed E-state index contributed by atoms with van der Waals surface area (Å²) in [5, 5.41) is 7.69. The largest absolute Gasteiger partial charge is 0.464 e. The maximum atomic E-state index is 12.4. The number of hydrogen-bond donors (Lipinski definition) is 3. The normalized spacial score (nSPS) is 10.4. The van der Waals surface area contributed by atoms with Gasteiger partial charge in [-0.05, 0) is 18.2 Å². The molecule has 140 valence electrons. The molecule has 0 saturated carbocycles. The van der Waals surface area contributed by atoms with Crippen LogP contribution in [0.15, 0.2) is 29.8 Å². The number of rotatable bonds is 6. The van der Waals surface area contributed by atoms with Gasteiger partial charge in [0.05, 0.1) is 24.2 Å². The lowest BCUT2D eigenvalue weighted by Gasteiger charge is -1.99. The van der Waals surface area contributed by atoms with Gasteiger partial charge in [0.25, 0.3) is 5.91 Å². The Morgan fingerprint density at radius 1 is 1.30 bits per heavy atom. The van der Waals surface area contributed by atoms with Gasteiger partial charge in [-0.1, -0.05) is 0 Å². The molecular formula is C17H16N4O4S2. The van der Waals surface area contributed by atoms with Crippen LogP contribution in [0.1, 0.15) is 32.0 Å². The molecule has 0 aliphatic carbocycles. The number of thiazole rings is 1. The molecule has 10 heteroatoms. The number of anilines is 1. The van der Waals surface area contributed by atoms with Crippen molar-refractivity contribution in [2.75, 3.05) is 12.4 Å². The van der Waals surface area contributed by atoms with E-state index in [0.29, 0.717) is 27.9 Å². The molecule has 27 heavy (non-hydrogen) atoms. The summed E-state index contributed by atoms with van der Waals surface area (Å²) in [4.78, 5) is 43.4. The summed E-state index contributed by atoms with van der Waals surface area (Å²) in [5.41, 5.74) is 1.69. The average Bonchev–Trinajstić information content (AvgIpc) is 3.38. The van der Waals surface area contributed by atoms with Gasteiger partial charge in [-0.15, -0.1) is 22.7 Å². The quantitative estimate of drug-likeness (QED) is 0.547. The topological polar surface area (TPSA) is 113 Å². The van der Waals surface area contributed by atoms with E-state index < -0.39 is 5.97 Å². The number of methoxy groups -OCH3 is 1. The van der Waals surface area contributed by atoms with Crippen LogP contribution in [0.3, 0.4) is 0 Å². The Labute approximate surface area is 162 Å². The highest BCUT2D eigenvalue weighted by Crippen LogP contribution is 2.26. The number of nitrogens with zero attached hydrogens (tertiary/aromatic N) is 1. The number of amides is 2. The molecule has 3 aromatic rings. The van der Waals surface area contributed by atoms with Crippen molar-refractivity contribution in [2.45, 2.75) is 13.5 Å². The summed E-state index contributed by atoms with van der Waals surface area (Å²) in [6.07, 6.45) is 1.65. The predicted molar refractivity (Wildman–Crippen MR) is 103 cm³/mol. The number of hydrogen-bond acceptors (Lipinski definition) is 7. The van der Waals surface area contributed by atoms with Gasteiger partial charge < -0.3 is 15.0 Å². The van der Waals surface area contributed by atoms with E-state index in [2.05, 4.69) is 25.3 Å². The molecule has 0 aromatic carbocycles. The van der Waals surface area contributed by atoms with Gasteiger partial charge in [0.15, 0.2) is 5.13 Å². The van der Waals surface area contributed by atoms with Crippen molar-refractivity contribution in [3.63, 3.8) is 0 Å². The molecule has 0 unspecified atom stereocenters. The molecule has 0 aliphatic heterocycles. The summed E-state index contributed by atoms with van der Waals surface area (Å²) in [5.74, 6) is -0.845. The summed E-state index contributed by atoms with van der Waals surface area (Å²) >= 11 is 2.59. The molecule has 2 amide bonds. The second-order valence-corrected chi connectivity index (χ2v) is 7.49. The number of H-pyrrole nitrogens is 1. The number of aromatic nitrogens is 2. The smallest absolute Gasteiger partial charge is 0.354 e. The Balaban J connectivity index is 1.65. The maximum absolute atomic E-state index is 12.4. The first kappa shape index (κ1) is 18.8. The first-order chi connectivity index (χ1) is 13.0. The zero-order valence-corrected chi connectivity index (χ0v) is 16.1. The van der Waals surface area contributed by atoms with Crippen LogP contribution in [0.5, 0.6) is 0 Å². The van der Waals surface area contributed by atoms with E-state index in [0.717, 1.165) is 10.4 Å². The summed E-state index contributed by atoms with van der Waals surface area (Å²) in [7, 11) is 1.31.